The SMILES string of the molecule is N#Cc1ccc2c(ccn2Cc2c(F)cccc2Cl)c1. The van der Waals surface area contributed by atoms with E-state index in [1.807, 2.05) is 29.0 Å². The Hall–Kier alpha value is -2.31. The number of nitriles is 1. The van der Waals surface area contributed by atoms with Gasteiger partial charge in [-0.25, -0.2) is 4.39 Å². The van der Waals surface area contributed by atoms with E-state index in [9.17, 15) is 4.39 Å². The molecule has 0 radical (unpaired) electrons. The van der Waals surface area contributed by atoms with E-state index in [-0.39, 0.29) is 5.82 Å². The van der Waals surface area contributed by atoms with Gasteiger partial charge in [-0.3, -0.25) is 0 Å². The van der Waals surface area contributed by atoms with Crippen LogP contribution in [0.2, 0.25) is 5.02 Å². The number of fused-ring (bicyclic) bond motifs is 1. The number of halogens is 2. The maximum Gasteiger partial charge on any atom is 0.129 e. The molecule has 0 atom stereocenters. The van der Waals surface area contributed by atoms with Gasteiger partial charge in [-0.1, -0.05) is 17.7 Å². The Morgan fingerprint density at radius 1 is 1.20 bits per heavy atom. The molecular formula is C16H10ClFN2. The monoisotopic (exact) mass is 284 g/mol. The van der Waals surface area contributed by atoms with E-state index in [0.717, 1.165) is 10.9 Å². The van der Waals surface area contributed by atoms with Gasteiger partial charge in [0.15, 0.2) is 0 Å². The van der Waals surface area contributed by atoms with Gasteiger partial charge in [-0.15, -0.1) is 0 Å². The van der Waals surface area contributed by atoms with E-state index in [0.29, 0.717) is 22.7 Å². The van der Waals surface area contributed by atoms with E-state index in [4.69, 9.17) is 16.9 Å². The van der Waals surface area contributed by atoms with Gasteiger partial charge in [0.2, 0.25) is 0 Å². The summed E-state index contributed by atoms with van der Waals surface area (Å²) < 4.78 is 15.7. The minimum atomic E-state index is -0.312. The molecule has 0 N–H and O–H groups in total. The third kappa shape index (κ3) is 2.15. The van der Waals surface area contributed by atoms with Crippen LogP contribution in [0, 0.1) is 17.1 Å². The number of hydrogen-bond donors (Lipinski definition) is 0. The maximum atomic E-state index is 13.8. The van der Waals surface area contributed by atoms with Crippen molar-refractivity contribution in [1.82, 2.24) is 4.57 Å². The summed E-state index contributed by atoms with van der Waals surface area (Å²) in [6.07, 6.45) is 1.87. The molecule has 1 heterocycles. The Kier molecular flexibility index (Phi) is 3.17. The van der Waals surface area contributed by atoms with Gasteiger partial charge in [0.05, 0.1) is 18.2 Å². The topological polar surface area (TPSA) is 28.7 Å². The van der Waals surface area contributed by atoms with Crippen molar-refractivity contribution >= 4 is 22.5 Å². The predicted molar refractivity (Wildman–Crippen MR) is 77.2 cm³/mol. The van der Waals surface area contributed by atoms with Crippen LogP contribution in [0.1, 0.15) is 11.1 Å². The number of rotatable bonds is 2. The van der Waals surface area contributed by atoms with Crippen molar-refractivity contribution in [2.45, 2.75) is 6.54 Å². The fourth-order valence-corrected chi connectivity index (χ4v) is 2.48. The van der Waals surface area contributed by atoms with E-state index in [2.05, 4.69) is 6.07 Å². The summed E-state index contributed by atoms with van der Waals surface area (Å²) in [5.74, 6) is -0.312. The Morgan fingerprint density at radius 3 is 2.80 bits per heavy atom. The molecule has 0 amide bonds. The molecule has 20 heavy (non-hydrogen) atoms. The second-order valence-corrected chi connectivity index (χ2v) is 4.94. The lowest BCUT2D eigenvalue weighted by molar-refractivity contribution is 0.602. The maximum absolute atomic E-state index is 13.8. The molecule has 2 aromatic carbocycles. The minimum Gasteiger partial charge on any atom is -0.343 e. The van der Waals surface area contributed by atoms with Crippen molar-refractivity contribution in [2.24, 2.45) is 0 Å². The highest BCUT2D eigenvalue weighted by molar-refractivity contribution is 6.31. The first-order valence-corrected chi connectivity index (χ1v) is 6.49. The van der Waals surface area contributed by atoms with Crippen LogP contribution in [0.4, 0.5) is 4.39 Å². The number of benzene rings is 2. The van der Waals surface area contributed by atoms with Gasteiger partial charge >= 0.3 is 0 Å². The third-order valence-electron chi connectivity index (χ3n) is 3.29. The standard InChI is InChI=1S/C16H10ClFN2/c17-14-2-1-3-15(18)13(14)10-20-7-6-12-8-11(9-19)4-5-16(12)20/h1-8H,10H2. The van der Waals surface area contributed by atoms with Gasteiger partial charge in [0.1, 0.15) is 5.82 Å². The van der Waals surface area contributed by atoms with Crippen LogP contribution >= 0.6 is 11.6 Å². The van der Waals surface area contributed by atoms with Gasteiger partial charge in [0, 0.05) is 27.7 Å². The van der Waals surface area contributed by atoms with Crippen molar-refractivity contribution in [3.05, 3.63) is 70.6 Å². The molecule has 4 heteroatoms. The molecule has 0 saturated carbocycles. The molecule has 0 saturated heterocycles. The second kappa shape index (κ2) is 4.99. The molecular weight excluding hydrogens is 275 g/mol. The van der Waals surface area contributed by atoms with E-state index in [1.165, 1.54) is 6.07 Å². The number of aromatic nitrogens is 1. The smallest absolute Gasteiger partial charge is 0.129 e. The molecule has 1 aromatic heterocycles. The van der Waals surface area contributed by atoms with Crippen molar-refractivity contribution in [3.63, 3.8) is 0 Å². The number of nitrogens with zero attached hydrogens (tertiary/aromatic N) is 2. The highest BCUT2D eigenvalue weighted by atomic mass is 35.5. The van der Waals surface area contributed by atoms with Crippen molar-refractivity contribution < 1.29 is 4.39 Å². The molecule has 0 aliphatic rings. The van der Waals surface area contributed by atoms with Crippen molar-refractivity contribution in [2.75, 3.05) is 0 Å². The summed E-state index contributed by atoms with van der Waals surface area (Å²) in [6, 6.07) is 14.1. The lowest BCUT2D eigenvalue weighted by Crippen LogP contribution is -2.01. The summed E-state index contributed by atoms with van der Waals surface area (Å²) in [5, 5.41) is 10.3. The Balaban J connectivity index is 2.06. The molecule has 0 fully saturated rings. The molecule has 3 aromatic rings. The molecule has 0 aliphatic heterocycles. The zero-order chi connectivity index (χ0) is 14.1. The summed E-state index contributed by atoms with van der Waals surface area (Å²) in [5.41, 5.74) is 2.03. The van der Waals surface area contributed by atoms with Gasteiger partial charge in [0.25, 0.3) is 0 Å². The summed E-state index contributed by atoms with van der Waals surface area (Å²) in [7, 11) is 0. The highest BCUT2D eigenvalue weighted by Gasteiger charge is 2.09. The van der Waals surface area contributed by atoms with Crippen molar-refractivity contribution in [1.29, 1.82) is 5.26 Å². The number of hydrogen-bond acceptors (Lipinski definition) is 1. The van der Waals surface area contributed by atoms with Gasteiger partial charge in [-0.2, -0.15) is 5.26 Å². The first-order valence-electron chi connectivity index (χ1n) is 6.11. The van der Waals surface area contributed by atoms with Crippen LogP contribution in [-0.4, -0.2) is 4.57 Å². The van der Waals surface area contributed by atoms with E-state index in [1.54, 1.807) is 18.2 Å². The first-order chi connectivity index (χ1) is 9.69. The first kappa shape index (κ1) is 12.7. The third-order valence-corrected chi connectivity index (χ3v) is 3.64. The van der Waals surface area contributed by atoms with Crippen LogP contribution in [0.15, 0.2) is 48.7 Å². The molecule has 3 rings (SSSR count). The molecule has 0 spiro atoms. The van der Waals surface area contributed by atoms with Crippen LogP contribution in [0.5, 0.6) is 0 Å². The molecule has 98 valence electrons. The van der Waals surface area contributed by atoms with Gasteiger partial charge < -0.3 is 4.57 Å². The quantitative estimate of drug-likeness (QED) is 0.687. The fraction of sp³-hybridized carbons (Fsp3) is 0.0625. The van der Waals surface area contributed by atoms with E-state index >= 15 is 0 Å². The second-order valence-electron chi connectivity index (χ2n) is 4.53. The van der Waals surface area contributed by atoms with Crippen molar-refractivity contribution in [3.8, 4) is 6.07 Å². The zero-order valence-electron chi connectivity index (χ0n) is 10.5. The molecule has 0 unspecified atom stereocenters. The fourth-order valence-electron chi connectivity index (χ4n) is 2.26. The average Bonchev–Trinajstić information content (AvgIpc) is 2.85. The molecule has 0 aliphatic carbocycles. The van der Waals surface area contributed by atoms with Gasteiger partial charge in [-0.05, 0) is 36.4 Å². The Labute approximate surface area is 120 Å². The Bertz CT molecular complexity index is 810. The van der Waals surface area contributed by atoms with Crippen LogP contribution in [0.25, 0.3) is 10.9 Å². The molecule has 2 nitrogen and oxygen atoms in total. The summed E-state index contributed by atoms with van der Waals surface area (Å²) in [4.78, 5) is 0. The summed E-state index contributed by atoms with van der Waals surface area (Å²) >= 11 is 6.05. The minimum absolute atomic E-state index is 0.312. The normalized spacial score (nSPS) is 10.7. The Morgan fingerprint density at radius 2 is 2.05 bits per heavy atom. The zero-order valence-corrected chi connectivity index (χ0v) is 11.2. The average molecular weight is 285 g/mol. The molecule has 0 bridgehead atoms. The van der Waals surface area contributed by atoms with Crippen LogP contribution in [-0.2, 0) is 6.54 Å². The summed E-state index contributed by atoms with van der Waals surface area (Å²) in [6.45, 7) is 0.362. The van der Waals surface area contributed by atoms with Crippen LogP contribution < -0.4 is 0 Å². The lowest BCUT2D eigenvalue weighted by atomic mass is 10.1. The largest absolute Gasteiger partial charge is 0.343 e. The highest BCUT2D eigenvalue weighted by Crippen LogP contribution is 2.23. The lowest BCUT2D eigenvalue weighted by Gasteiger charge is -2.08. The predicted octanol–water partition coefficient (Wildman–Crippen LogP) is 4.35. The van der Waals surface area contributed by atoms with E-state index < -0.39 is 0 Å². The van der Waals surface area contributed by atoms with Crippen LogP contribution in [0.3, 0.4) is 0 Å².